The highest BCUT2D eigenvalue weighted by atomic mass is 16.5. The maximum Gasteiger partial charge on any atom is 0.321 e. The quantitative estimate of drug-likeness (QED) is 0.527. The number of nitrogens with one attached hydrogen (secondary N) is 1. The molecule has 4 heterocycles. The van der Waals surface area contributed by atoms with E-state index in [0.717, 1.165) is 56.8 Å². The van der Waals surface area contributed by atoms with Crippen LogP contribution in [0.3, 0.4) is 0 Å². The van der Waals surface area contributed by atoms with Crippen molar-refractivity contribution in [1.29, 1.82) is 5.26 Å². The fraction of sp³-hybridized carbons (Fsp3) is 0.500. The lowest BCUT2D eigenvalue weighted by molar-refractivity contribution is 0.158. The summed E-state index contributed by atoms with van der Waals surface area (Å²) < 4.78 is 12.9. The number of ether oxygens (including phenoxy) is 2. The van der Waals surface area contributed by atoms with Crippen molar-refractivity contribution < 1.29 is 9.47 Å². The van der Waals surface area contributed by atoms with Crippen molar-refractivity contribution in [2.45, 2.75) is 57.2 Å². The molecule has 2 fully saturated rings. The maximum atomic E-state index is 9.26. The molecule has 0 aliphatic carbocycles. The second kappa shape index (κ2) is 10.8. The van der Waals surface area contributed by atoms with Gasteiger partial charge in [0.1, 0.15) is 18.5 Å². The zero-order valence-corrected chi connectivity index (χ0v) is 22.3. The van der Waals surface area contributed by atoms with Crippen LogP contribution in [0.15, 0.2) is 36.4 Å². The first-order valence-corrected chi connectivity index (χ1v) is 13.8. The van der Waals surface area contributed by atoms with Crippen LogP contribution in [0, 0.1) is 18.3 Å². The summed E-state index contributed by atoms with van der Waals surface area (Å²) in [5.74, 6) is 1.52. The minimum absolute atomic E-state index is 0.0850. The van der Waals surface area contributed by atoms with E-state index in [1.165, 1.54) is 28.3 Å². The Morgan fingerprint density at radius 3 is 2.84 bits per heavy atom. The predicted molar refractivity (Wildman–Crippen MR) is 148 cm³/mol. The number of nitriles is 1. The smallest absolute Gasteiger partial charge is 0.321 e. The standard InChI is InChI=1S/C30H36N6O2/c1-20-6-3-7-21-8-4-10-24(27(20)21)26-12-11-25-28(36-17-15-32-22(18-36)13-14-31)33-30(34-29(25)38-26)37-19-23-9-5-16-35(23)2/h3-4,6-8,10,22-23,26,32H,5,9,11-13,15-19H2,1-2H3/t22-,23-,26?/m0/s1. The molecule has 0 amide bonds. The van der Waals surface area contributed by atoms with Gasteiger partial charge >= 0.3 is 6.01 Å². The minimum Gasteiger partial charge on any atom is -0.469 e. The van der Waals surface area contributed by atoms with Crippen LogP contribution in [-0.2, 0) is 6.42 Å². The largest absolute Gasteiger partial charge is 0.469 e. The SMILES string of the molecule is Cc1cccc2cccc(C3CCc4c(nc(OC[C@@H]5CCCN5C)nc4N4CCN[C@@H](CC#N)C4)O3)c12. The first kappa shape index (κ1) is 24.9. The van der Waals surface area contributed by atoms with E-state index in [0.29, 0.717) is 31.0 Å². The van der Waals surface area contributed by atoms with Crippen molar-refractivity contribution in [3.63, 3.8) is 0 Å². The molecule has 2 saturated heterocycles. The number of nitrogens with zero attached hydrogens (tertiary/aromatic N) is 5. The molecule has 1 N–H and O–H groups in total. The Kier molecular flexibility index (Phi) is 7.05. The van der Waals surface area contributed by atoms with Crippen LogP contribution in [0.2, 0.25) is 0 Å². The molecule has 3 aliphatic heterocycles. The van der Waals surface area contributed by atoms with Crippen molar-refractivity contribution in [1.82, 2.24) is 20.2 Å². The molecule has 8 heteroatoms. The van der Waals surface area contributed by atoms with Gasteiger partial charge in [-0.1, -0.05) is 36.4 Å². The van der Waals surface area contributed by atoms with Gasteiger partial charge in [0.2, 0.25) is 5.88 Å². The monoisotopic (exact) mass is 512 g/mol. The lowest BCUT2D eigenvalue weighted by atomic mass is 9.92. The summed E-state index contributed by atoms with van der Waals surface area (Å²) in [4.78, 5) is 14.4. The summed E-state index contributed by atoms with van der Waals surface area (Å²) in [6, 6.07) is 16.1. The van der Waals surface area contributed by atoms with E-state index in [2.05, 4.69) is 71.6 Å². The van der Waals surface area contributed by atoms with Gasteiger partial charge in [-0.3, -0.25) is 0 Å². The summed E-state index contributed by atoms with van der Waals surface area (Å²) in [5, 5.41) is 15.2. The van der Waals surface area contributed by atoms with Gasteiger partial charge in [0.25, 0.3) is 0 Å². The number of aryl methyl sites for hydroxylation is 1. The van der Waals surface area contributed by atoms with Gasteiger partial charge in [-0.15, -0.1) is 0 Å². The highest BCUT2D eigenvalue weighted by molar-refractivity contribution is 5.89. The van der Waals surface area contributed by atoms with E-state index < -0.39 is 0 Å². The Morgan fingerprint density at radius 2 is 2.03 bits per heavy atom. The molecular weight excluding hydrogens is 476 g/mol. The molecule has 3 aliphatic rings. The van der Waals surface area contributed by atoms with Crippen LogP contribution < -0.4 is 19.7 Å². The molecule has 2 aromatic carbocycles. The molecule has 0 bridgehead atoms. The Morgan fingerprint density at radius 1 is 1.16 bits per heavy atom. The Labute approximate surface area is 224 Å². The van der Waals surface area contributed by atoms with E-state index in [1.807, 2.05) is 0 Å². The number of fused-ring (bicyclic) bond motifs is 2. The second-order valence-corrected chi connectivity index (χ2v) is 10.8. The highest BCUT2D eigenvalue weighted by Crippen LogP contribution is 2.41. The van der Waals surface area contributed by atoms with Crippen LogP contribution in [0.5, 0.6) is 11.9 Å². The zero-order chi connectivity index (χ0) is 26.1. The molecule has 198 valence electrons. The number of rotatable bonds is 6. The number of hydrogen-bond donors (Lipinski definition) is 1. The number of anilines is 1. The molecule has 8 nitrogen and oxygen atoms in total. The van der Waals surface area contributed by atoms with Crippen molar-refractivity contribution in [2.24, 2.45) is 0 Å². The molecule has 1 unspecified atom stereocenters. The van der Waals surface area contributed by atoms with Gasteiger partial charge in [-0.25, -0.2) is 0 Å². The number of piperazine rings is 1. The van der Waals surface area contributed by atoms with Gasteiger partial charge in [0.15, 0.2) is 0 Å². The van der Waals surface area contributed by atoms with Crippen LogP contribution in [0.1, 0.15) is 48.5 Å². The van der Waals surface area contributed by atoms with E-state index in [1.54, 1.807) is 0 Å². The van der Waals surface area contributed by atoms with Crippen LogP contribution in [-0.4, -0.2) is 66.8 Å². The predicted octanol–water partition coefficient (Wildman–Crippen LogP) is 4.17. The number of likely N-dealkylation sites (N-methyl/N-ethyl adjacent to an activating group) is 1. The normalized spacial score (nSPS) is 23.6. The first-order valence-electron chi connectivity index (χ1n) is 13.8. The van der Waals surface area contributed by atoms with Gasteiger partial charge in [0.05, 0.1) is 18.1 Å². The number of likely N-dealkylation sites (tertiary alicyclic amines) is 1. The number of aromatic nitrogens is 2. The van der Waals surface area contributed by atoms with Crippen LogP contribution in [0.4, 0.5) is 5.82 Å². The maximum absolute atomic E-state index is 9.26. The number of hydrogen-bond acceptors (Lipinski definition) is 8. The summed E-state index contributed by atoms with van der Waals surface area (Å²) >= 11 is 0. The first-order chi connectivity index (χ1) is 18.6. The third-order valence-corrected chi connectivity index (χ3v) is 8.30. The van der Waals surface area contributed by atoms with Gasteiger partial charge in [-0.2, -0.15) is 15.2 Å². The second-order valence-electron chi connectivity index (χ2n) is 10.8. The summed E-state index contributed by atoms with van der Waals surface area (Å²) in [7, 11) is 2.15. The van der Waals surface area contributed by atoms with E-state index in [9.17, 15) is 5.26 Å². The number of benzene rings is 2. The van der Waals surface area contributed by atoms with Crippen LogP contribution >= 0.6 is 0 Å². The minimum atomic E-state index is -0.0850. The summed E-state index contributed by atoms with van der Waals surface area (Å²) in [6.45, 7) is 6.19. The van der Waals surface area contributed by atoms with Gasteiger partial charge < -0.3 is 24.6 Å². The Bertz CT molecular complexity index is 1350. The molecule has 38 heavy (non-hydrogen) atoms. The molecule has 0 saturated carbocycles. The van der Waals surface area contributed by atoms with Gasteiger partial charge in [0, 0.05) is 37.3 Å². The fourth-order valence-electron chi connectivity index (χ4n) is 6.22. The van der Waals surface area contributed by atoms with Crippen molar-refractivity contribution in [3.05, 3.63) is 53.1 Å². The molecule has 1 aromatic heterocycles. The zero-order valence-electron chi connectivity index (χ0n) is 22.3. The molecule has 0 spiro atoms. The van der Waals surface area contributed by atoms with Crippen molar-refractivity contribution in [2.75, 3.05) is 44.7 Å². The average molecular weight is 513 g/mol. The lowest BCUT2D eigenvalue weighted by Crippen LogP contribution is -2.51. The third-order valence-electron chi connectivity index (χ3n) is 8.30. The summed E-state index contributed by atoms with van der Waals surface area (Å²) in [5.41, 5.74) is 3.50. The van der Waals surface area contributed by atoms with E-state index >= 15 is 0 Å². The van der Waals surface area contributed by atoms with Gasteiger partial charge in [-0.05, 0) is 62.5 Å². The molecule has 3 aromatic rings. The van der Waals surface area contributed by atoms with Crippen LogP contribution in [0.25, 0.3) is 10.8 Å². The highest BCUT2D eigenvalue weighted by Gasteiger charge is 2.32. The van der Waals surface area contributed by atoms with E-state index in [-0.39, 0.29) is 12.1 Å². The third kappa shape index (κ3) is 4.89. The molecule has 0 radical (unpaired) electrons. The molecule has 6 rings (SSSR count). The molecular formula is C30H36N6O2. The van der Waals surface area contributed by atoms with Crippen molar-refractivity contribution in [3.8, 4) is 18.0 Å². The average Bonchev–Trinajstić information content (AvgIpc) is 3.35. The topological polar surface area (TPSA) is 86.5 Å². The summed E-state index contributed by atoms with van der Waals surface area (Å²) in [6.07, 6.45) is 4.39. The Balaban J connectivity index is 1.34. The Hall–Kier alpha value is -3.41. The van der Waals surface area contributed by atoms with Crippen molar-refractivity contribution >= 4 is 16.6 Å². The fourth-order valence-corrected chi connectivity index (χ4v) is 6.22. The lowest BCUT2D eigenvalue weighted by Gasteiger charge is -2.36. The van der Waals surface area contributed by atoms with E-state index in [4.69, 9.17) is 19.4 Å². The molecule has 3 atom stereocenters.